The maximum absolute atomic E-state index is 9.34. The van der Waals surface area contributed by atoms with E-state index < -0.39 is 0 Å². The molecular weight excluding hydrogens is 164 g/mol. The number of aromatic nitrogens is 2. The molecule has 0 aliphatic rings. The smallest absolute Gasteiger partial charge is 0.323 e. The predicted octanol–water partition coefficient (Wildman–Crippen LogP) is 1.64. The number of hydrogen-bond donors (Lipinski definition) is 1. The van der Waals surface area contributed by atoms with Gasteiger partial charge in [0.1, 0.15) is 12.4 Å². The number of aliphatic hydroxyl groups excluding tert-OH is 1. The molecule has 72 valence electrons. The molecule has 3 heteroatoms. The fourth-order valence-electron chi connectivity index (χ4n) is 1.40. The van der Waals surface area contributed by atoms with E-state index >= 15 is 0 Å². The quantitative estimate of drug-likeness (QED) is 0.555. The second-order valence-corrected chi connectivity index (χ2v) is 3.23. The molecule has 0 aliphatic carbocycles. The lowest BCUT2D eigenvalue weighted by molar-refractivity contribution is -0.674. The maximum Gasteiger partial charge on any atom is 0.323 e. The third-order valence-corrected chi connectivity index (χ3v) is 2.09. The Morgan fingerprint density at radius 2 is 2.38 bits per heavy atom. The second kappa shape index (κ2) is 4.12. The van der Waals surface area contributed by atoms with Crippen molar-refractivity contribution in [1.82, 2.24) is 4.57 Å². The number of nitrogens with zero attached hydrogens (tertiary/aromatic N) is 2. The van der Waals surface area contributed by atoms with Crippen molar-refractivity contribution in [2.75, 3.05) is 0 Å². The second-order valence-electron chi connectivity index (χ2n) is 3.23. The first kappa shape index (κ1) is 9.84. The Labute approximate surface area is 78.9 Å². The van der Waals surface area contributed by atoms with E-state index in [0.29, 0.717) is 0 Å². The summed E-state index contributed by atoms with van der Waals surface area (Å²) in [6.07, 6.45) is 6.16. The normalized spacial score (nSPS) is 10.3. The molecule has 0 saturated heterocycles. The Hall–Kier alpha value is -1.25. The molecule has 0 bridgehead atoms. The Balaban J connectivity index is 2.87. The highest BCUT2D eigenvalue weighted by Gasteiger charge is 2.16. The van der Waals surface area contributed by atoms with Gasteiger partial charge in [-0.1, -0.05) is 13.3 Å². The molecule has 1 aromatic heterocycles. The van der Waals surface area contributed by atoms with Gasteiger partial charge in [-0.05, 0) is 13.0 Å². The molecule has 1 aromatic rings. The SMILES string of the molecule is C=C(O)c1n(CCCC)cc[n+]1C. The zero-order valence-corrected chi connectivity index (χ0v) is 8.32. The van der Waals surface area contributed by atoms with Crippen LogP contribution < -0.4 is 4.57 Å². The predicted molar refractivity (Wildman–Crippen MR) is 52.2 cm³/mol. The van der Waals surface area contributed by atoms with Crippen molar-refractivity contribution >= 4 is 5.76 Å². The molecule has 0 radical (unpaired) electrons. The van der Waals surface area contributed by atoms with E-state index in [-0.39, 0.29) is 5.76 Å². The zero-order chi connectivity index (χ0) is 9.84. The third kappa shape index (κ3) is 2.11. The van der Waals surface area contributed by atoms with Gasteiger partial charge in [0, 0.05) is 0 Å². The van der Waals surface area contributed by atoms with Gasteiger partial charge in [-0.15, -0.1) is 0 Å². The molecule has 1 heterocycles. The average molecular weight is 181 g/mol. The van der Waals surface area contributed by atoms with E-state index in [2.05, 4.69) is 13.5 Å². The molecule has 0 amide bonds. The molecular formula is C10H17N2O+. The van der Waals surface area contributed by atoms with E-state index in [4.69, 9.17) is 0 Å². The van der Waals surface area contributed by atoms with Gasteiger partial charge in [-0.25, -0.2) is 9.13 Å². The van der Waals surface area contributed by atoms with Gasteiger partial charge in [0.2, 0.25) is 0 Å². The maximum atomic E-state index is 9.34. The summed E-state index contributed by atoms with van der Waals surface area (Å²) < 4.78 is 3.89. The van der Waals surface area contributed by atoms with E-state index in [1.165, 1.54) is 0 Å². The number of aliphatic hydroxyl groups is 1. The average Bonchev–Trinajstić information content (AvgIpc) is 2.43. The van der Waals surface area contributed by atoms with Gasteiger partial charge >= 0.3 is 5.82 Å². The molecule has 0 saturated carbocycles. The molecule has 1 rings (SSSR count). The van der Waals surface area contributed by atoms with Gasteiger partial charge in [-0.2, -0.15) is 0 Å². The molecule has 1 N–H and O–H groups in total. The third-order valence-electron chi connectivity index (χ3n) is 2.09. The Morgan fingerprint density at radius 3 is 2.92 bits per heavy atom. The lowest BCUT2D eigenvalue weighted by atomic mass is 10.3. The summed E-state index contributed by atoms with van der Waals surface area (Å²) in [5.41, 5.74) is 0. The summed E-state index contributed by atoms with van der Waals surface area (Å²) in [7, 11) is 1.90. The first-order valence-electron chi connectivity index (χ1n) is 4.59. The van der Waals surface area contributed by atoms with Gasteiger partial charge in [0.25, 0.3) is 0 Å². The molecule has 0 unspecified atom stereocenters. The van der Waals surface area contributed by atoms with Crippen LogP contribution in [0.15, 0.2) is 19.0 Å². The van der Waals surface area contributed by atoms with Crippen LogP contribution >= 0.6 is 0 Å². The lowest BCUT2D eigenvalue weighted by Gasteiger charge is -1.99. The van der Waals surface area contributed by atoms with Gasteiger partial charge in [0.15, 0.2) is 5.76 Å². The van der Waals surface area contributed by atoms with Crippen molar-refractivity contribution in [2.45, 2.75) is 26.3 Å². The number of unbranched alkanes of at least 4 members (excludes halogenated alkanes) is 1. The first-order chi connectivity index (χ1) is 6.16. The number of aryl methyl sites for hydroxylation is 2. The topological polar surface area (TPSA) is 29.0 Å². The minimum atomic E-state index is 0.128. The van der Waals surface area contributed by atoms with Crippen LogP contribution in [-0.2, 0) is 13.6 Å². The molecule has 3 nitrogen and oxygen atoms in total. The van der Waals surface area contributed by atoms with E-state index in [1.54, 1.807) is 0 Å². The van der Waals surface area contributed by atoms with Crippen LogP contribution in [0.4, 0.5) is 0 Å². The summed E-state index contributed by atoms with van der Waals surface area (Å²) in [4.78, 5) is 0. The van der Waals surface area contributed by atoms with Crippen LogP contribution in [-0.4, -0.2) is 9.67 Å². The molecule has 13 heavy (non-hydrogen) atoms. The van der Waals surface area contributed by atoms with E-state index in [0.717, 1.165) is 25.2 Å². The summed E-state index contributed by atoms with van der Waals surface area (Å²) in [5, 5.41) is 9.34. The standard InChI is InChI=1S/C10H16N2O/c1-4-5-6-12-8-7-11(3)10(12)9(2)13/h7-8H,2,4-6H2,1,3H3/p+1. The van der Waals surface area contributed by atoms with E-state index in [1.807, 2.05) is 28.6 Å². The monoisotopic (exact) mass is 181 g/mol. The summed E-state index contributed by atoms with van der Waals surface area (Å²) in [6.45, 7) is 6.63. The highest BCUT2D eigenvalue weighted by Crippen LogP contribution is 2.05. The summed E-state index contributed by atoms with van der Waals surface area (Å²) in [6, 6.07) is 0. The Morgan fingerprint density at radius 1 is 1.69 bits per heavy atom. The van der Waals surface area contributed by atoms with Crippen LogP contribution in [0.2, 0.25) is 0 Å². The lowest BCUT2D eigenvalue weighted by Crippen LogP contribution is -2.31. The van der Waals surface area contributed by atoms with E-state index in [9.17, 15) is 5.11 Å². The Kier molecular flexibility index (Phi) is 3.12. The fraction of sp³-hybridized carbons (Fsp3) is 0.500. The highest BCUT2D eigenvalue weighted by molar-refractivity contribution is 5.45. The zero-order valence-electron chi connectivity index (χ0n) is 8.32. The molecule has 0 fully saturated rings. The van der Waals surface area contributed by atoms with Gasteiger partial charge < -0.3 is 5.11 Å². The largest absolute Gasteiger partial charge is 0.502 e. The van der Waals surface area contributed by atoms with Gasteiger partial charge in [-0.3, -0.25) is 0 Å². The summed E-state index contributed by atoms with van der Waals surface area (Å²) >= 11 is 0. The minimum Gasteiger partial charge on any atom is -0.502 e. The first-order valence-corrected chi connectivity index (χ1v) is 4.59. The van der Waals surface area contributed by atoms with Crippen LogP contribution in [0, 0.1) is 0 Å². The van der Waals surface area contributed by atoms with Crippen LogP contribution in [0.25, 0.3) is 5.76 Å². The number of hydrogen-bond acceptors (Lipinski definition) is 1. The fourth-order valence-corrected chi connectivity index (χ4v) is 1.40. The molecule has 0 aliphatic heterocycles. The Bertz CT molecular complexity index is 302. The minimum absolute atomic E-state index is 0.128. The summed E-state index contributed by atoms with van der Waals surface area (Å²) in [5.74, 6) is 0.914. The van der Waals surface area contributed by atoms with Crippen molar-refractivity contribution in [3.63, 3.8) is 0 Å². The van der Waals surface area contributed by atoms with Crippen LogP contribution in [0.5, 0.6) is 0 Å². The highest BCUT2D eigenvalue weighted by atomic mass is 16.3. The van der Waals surface area contributed by atoms with Crippen molar-refractivity contribution in [2.24, 2.45) is 7.05 Å². The van der Waals surface area contributed by atoms with Crippen molar-refractivity contribution in [1.29, 1.82) is 0 Å². The van der Waals surface area contributed by atoms with Crippen molar-refractivity contribution in [3.05, 3.63) is 24.8 Å². The van der Waals surface area contributed by atoms with Crippen molar-refractivity contribution in [3.8, 4) is 0 Å². The molecule has 0 atom stereocenters. The van der Waals surface area contributed by atoms with Crippen LogP contribution in [0.1, 0.15) is 25.6 Å². The number of imidazole rings is 1. The molecule has 0 spiro atoms. The van der Waals surface area contributed by atoms with Crippen LogP contribution in [0.3, 0.4) is 0 Å². The van der Waals surface area contributed by atoms with Gasteiger partial charge in [0.05, 0.1) is 13.6 Å². The number of rotatable bonds is 4. The van der Waals surface area contributed by atoms with Crippen molar-refractivity contribution < 1.29 is 9.67 Å². The molecule has 0 aromatic carbocycles.